The van der Waals surface area contributed by atoms with Gasteiger partial charge in [-0.05, 0) is 29.7 Å². The molecule has 2 heterocycles. The number of benzene rings is 1. The number of carbonyl (C=O) groups excluding carboxylic acids is 1. The van der Waals surface area contributed by atoms with Crippen LogP contribution in [0.15, 0.2) is 40.6 Å². The van der Waals surface area contributed by atoms with E-state index in [1.807, 2.05) is 17.0 Å². The standard InChI is InChI=1S/C19H24N2O3S2/c1-19(2)13-21(11-10-14-6-4-5-7-16(14)19)18(22)20-12-15-8-9-17(25-15)26(3,23)24/h4-9H,10-13H2,1-3H3,(H,20,22). The zero-order valence-electron chi connectivity index (χ0n) is 15.3. The van der Waals surface area contributed by atoms with Gasteiger partial charge in [-0.2, -0.15) is 0 Å². The molecular weight excluding hydrogens is 368 g/mol. The summed E-state index contributed by atoms with van der Waals surface area (Å²) < 4.78 is 23.5. The molecule has 0 saturated carbocycles. The molecule has 0 spiro atoms. The van der Waals surface area contributed by atoms with Crippen LogP contribution < -0.4 is 5.32 Å². The summed E-state index contributed by atoms with van der Waals surface area (Å²) in [5.41, 5.74) is 2.48. The number of sulfone groups is 1. The van der Waals surface area contributed by atoms with E-state index >= 15 is 0 Å². The Morgan fingerprint density at radius 2 is 1.96 bits per heavy atom. The molecule has 2 aromatic rings. The first-order valence-electron chi connectivity index (χ1n) is 8.57. The SMILES string of the molecule is CC1(C)CN(C(=O)NCc2ccc(S(C)(=O)=O)s2)CCc2ccccc21. The Morgan fingerprint density at radius 3 is 2.65 bits per heavy atom. The molecule has 0 bridgehead atoms. The molecule has 0 unspecified atom stereocenters. The first-order valence-corrected chi connectivity index (χ1v) is 11.3. The van der Waals surface area contributed by atoms with Crippen LogP contribution in [0.25, 0.3) is 0 Å². The Balaban J connectivity index is 1.67. The van der Waals surface area contributed by atoms with Crippen molar-refractivity contribution in [1.82, 2.24) is 10.2 Å². The predicted molar refractivity (Wildman–Crippen MR) is 104 cm³/mol. The monoisotopic (exact) mass is 392 g/mol. The Kier molecular flexibility index (Phi) is 5.12. The van der Waals surface area contributed by atoms with E-state index in [0.717, 1.165) is 11.3 Å². The van der Waals surface area contributed by atoms with Crippen LogP contribution in [-0.2, 0) is 28.2 Å². The number of hydrogen-bond acceptors (Lipinski definition) is 4. The van der Waals surface area contributed by atoms with Crippen molar-refractivity contribution in [2.24, 2.45) is 0 Å². The van der Waals surface area contributed by atoms with E-state index in [1.54, 1.807) is 12.1 Å². The normalized spacial score (nSPS) is 16.7. The van der Waals surface area contributed by atoms with Gasteiger partial charge < -0.3 is 10.2 Å². The number of amides is 2. The van der Waals surface area contributed by atoms with Crippen LogP contribution in [0.3, 0.4) is 0 Å². The topological polar surface area (TPSA) is 66.5 Å². The molecule has 1 N–H and O–H groups in total. The third-order valence-corrected chi connectivity index (χ3v) is 7.59. The van der Waals surface area contributed by atoms with Gasteiger partial charge >= 0.3 is 6.03 Å². The highest BCUT2D eigenvalue weighted by molar-refractivity contribution is 7.92. The molecule has 0 radical (unpaired) electrons. The zero-order chi connectivity index (χ0) is 18.9. The van der Waals surface area contributed by atoms with Crippen LogP contribution in [0.4, 0.5) is 4.79 Å². The van der Waals surface area contributed by atoms with Gasteiger partial charge in [0.2, 0.25) is 0 Å². The molecule has 0 atom stereocenters. The minimum absolute atomic E-state index is 0.111. The van der Waals surface area contributed by atoms with E-state index in [1.165, 1.54) is 28.7 Å². The Morgan fingerprint density at radius 1 is 1.23 bits per heavy atom. The van der Waals surface area contributed by atoms with E-state index in [-0.39, 0.29) is 11.4 Å². The number of urea groups is 1. The molecule has 1 aliphatic heterocycles. The fraction of sp³-hybridized carbons (Fsp3) is 0.421. The number of rotatable bonds is 3. The molecule has 1 aliphatic rings. The lowest BCUT2D eigenvalue weighted by molar-refractivity contribution is 0.188. The van der Waals surface area contributed by atoms with Crippen LogP contribution in [0, 0.1) is 0 Å². The number of carbonyl (C=O) groups is 1. The number of nitrogens with zero attached hydrogens (tertiary/aromatic N) is 1. The van der Waals surface area contributed by atoms with Crippen molar-refractivity contribution in [1.29, 1.82) is 0 Å². The van der Waals surface area contributed by atoms with E-state index in [2.05, 4.69) is 31.3 Å². The van der Waals surface area contributed by atoms with Crippen LogP contribution >= 0.6 is 11.3 Å². The second-order valence-corrected chi connectivity index (χ2v) is 10.8. The first-order chi connectivity index (χ1) is 12.2. The fourth-order valence-corrected chi connectivity index (χ4v) is 5.31. The van der Waals surface area contributed by atoms with Gasteiger partial charge in [0.25, 0.3) is 0 Å². The van der Waals surface area contributed by atoms with Crippen molar-refractivity contribution in [3.05, 3.63) is 52.4 Å². The van der Waals surface area contributed by atoms with Crippen LogP contribution in [0.1, 0.15) is 29.9 Å². The quantitative estimate of drug-likeness (QED) is 0.872. The molecule has 5 nitrogen and oxygen atoms in total. The average molecular weight is 393 g/mol. The molecule has 0 aliphatic carbocycles. The van der Waals surface area contributed by atoms with Gasteiger partial charge in [-0.25, -0.2) is 13.2 Å². The lowest BCUT2D eigenvalue weighted by Gasteiger charge is -2.30. The summed E-state index contributed by atoms with van der Waals surface area (Å²) in [5.74, 6) is 0. The van der Waals surface area contributed by atoms with Crippen LogP contribution in [0.5, 0.6) is 0 Å². The smallest absolute Gasteiger partial charge is 0.317 e. The minimum atomic E-state index is -3.20. The molecule has 1 aromatic heterocycles. The number of thiophene rings is 1. The van der Waals surface area contributed by atoms with Crippen molar-refractivity contribution >= 4 is 27.2 Å². The summed E-state index contributed by atoms with van der Waals surface area (Å²) in [6.45, 7) is 5.98. The fourth-order valence-electron chi connectivity index (χ4n) is 3.40. The third kappa shape index (κ3) is 4.10. The summed E-state index contributed by atoms with van der Waals surface area (Å²) in [4.78, 5) is 15.3. The van der Waals surface area contributed by atoms with Crippen molar-refractivity contribution in [3.8, 4) is 0 Å². The largest absolute Gasteiger partial charge is 0.333 e. The lowest BCUT2D eigenvalue weighted by atomic mass is 9.82. The van der Waals surface area contributed by atoms with Crippen molar-refractivity contribution in [2.75, 3.05) is 19.3 Å². The predicted octanol–water partition coefficient (Wildman–Crippen LogP) is 3.20. The highest BCUT2D eigenvalue weighted by Gasteiger charge is 2.31. The highest BCUT2D eigenvalue weighted by atomic mass is 32.2. The summed E-state index contributed by atoms with van der Waals surface area (Å²) in [5, 5.41) is 2.93. The maximum absolute atomic E-state index is 12.7. The lowest BCUT2D eigenvalue weighted by Crippen LogP contribution is -2.45. The molecule has 3 rings (SSSR count). The average Bonchev–Trinajstić information content (AvgIpc) is 3.01. The number of hydrogen-bond donors (Lipinski definition) is 1. The van der Waals surface area contributed by atoms with Gasteiger partial charge in [-0.1, -0.05) is 38.1 Å². The number of nitrogens with one attached hydrogen (secondary N) is 1. The summed E-state index contributed by atoms with van der Waals surface area (Å²) >= 11 is 1.20. The van der Waals surface area contributed by atoms with Crippen molar-refractivity contribution < 1.29 is 13.2 Å². The van der Waals surface area contributed by atoms with E-state index in [4.69, 9.17) is 0 Å². The Hall–Kier alpha value is -1.86. The first kappa shape index (κ1) is 18.9. The molecular formula is C19H24N2O3S2. The summed E-state index contributed by atoms with van der Waals surface area (Å²) in [6.07, 6.45) is 2.03. The van der Waals surface area contributed by atoms with Crippen LogP contribution in [0.2, 0.25) is 0 Å². The molecule has 1 aromatic carbocycles. The molecule has 0 fully saturated rings. The molecule has 2 amide bonds. The van der Waals surface area contributed by atoms with Gasteiger partial charge in [0.1, 0.15) is 4.21 Å². The highest BCUT2D eigenvalue weighted by Crippen LogP contribution is 2.30. The second kappa shape index (κ2) is 7.04. The maximum Gasteiger partial charge on any atom is 0.317 e. The molecule has 0 saturated heterocycles. The van der Waals surface area contributed by atoms with Gasteiger partial charge in [-0.15, -0.1) is 11.3 Å². The van der Waals surface area contributed by atoms with Gasteiger partial charge in [-0.3, -0.25) is 0 Å². The minimum Gasteiger partial charge on any atom is -0.333 e. The Labute approximate surface area is 159 Å². The summed E-state index contributed by atoms with van der Waals surface area (Å²) in [6, 6.07) is 11.6. The maximum atomic E-state index is 12.7. The van der Waals surface area contributed by atoms with E-state index < -0.39 is 9.84 Å². The summed E-state index contributed by atoms with van der Waals surface area (Å²) in [7, 11) is -3.20. The molecule has 26 heavy (non-hydrogen) atoms. The number of fused-ring (bicyclic) bond motifs is 1. The van der Waals surface area contributed by atoms with Gasteiger partial charge in [0.15, 0.2) is 9.84 Å². The van der Waals surface area contributed by atoms with E-state index in [9.17, 15) is 13.2 Å². The zero-order valence-corrected chi connectivity index (χ0v) is 16.9. The second-order valence-electron chi connectivity index (χ2n) is 7.36. The third-order valence-electron chi connectivity index (χ3n) is 4.69. The van der Waals surface area contributed by atoms with Crippen LogP contribution in [-0.4, -0.2) is 38.7 Å². The van der Waals surface area contributed by atoms with Crippen molar-refractivity contribution in [3.63, 3.8) is 0 Å². The van der Waals surface area contributed by atoms with Crippen molar-refractivity contribution in [2.45, 2.75) is 36.4 Å². The Bertz CT molecular complexity index is 916. The molecule has 140 valence electrons. The molecule has 7 heteroatoms. The van der Waals surface area contributed by atoms with Gasteiger partial charge in [0.05, 0.1) is 6.54 Å². The van der Waals surface area contributed by atoms with Gasteiger partial charge in [0, 0.05) is 29.6 Å². The van der Waals surface area contributed by atoms with E-state index in [0.29, 0.717) is 23.8 Å².